The van der Waals surface area contributed by atoms with E-state index in [1.165, 1.54) is 32.1 Å². The molecule has 0 radical (unpaired) electrons. The van der Waals surface area contributed by atoms with Gasteiger partial charge in [0.15, 0.2) is 0 Å². The SMILES string of the molecule is CCCCOCCC(C)(CCC)CNC. The second-order valence-electron chi connectivity index (χ2n) is 4.81. The first-order valence-electron chi connectivity index (χ1n) is 6.41. The maximum absolute atomic E-state index is 5.63. The standard InChI is InChI=1S/C13H29NO/c1-5-7-10-15-11-9-13(3,8-6-2)12-14-4/h14H,5-12H2,1-4H3. The molecule has 0 aliphatic rings. The Morgan fingerprint density at radius 1 is 1.07 bits per heavy atom. The van der Waals surface area contributed by atoms with E-state index in [1.807, 2.05) is 7.05 Å². The van der Waals surface area contributed by atoms with Crippen LogP contribution in [0.25, 0.3) is 0 Å². The zero-order chi connectivity index (χ0) is 11.6. The lowest BCUT2D eigenvalue weighted by Gasteiger charge is -2.29. The van der Waals surface area contributed by atoms with Crippen LogP contribution in [0, 0.1) is 5.41 Å². The number of hydrogen-bond acceptors (Lipinski definition) is 2. The Hall–Kier alpha value is -0.0800. The fourth-order valence-electron chi connectivity index (χ4n) is 2.00. The molecule has 0 aliphatic carbocycles. The molecule has 0 aromatic rings. The predicted octanol–water partition coefficient (Wildman–Crippen LogP) is 3.22. The molecule has 0 fully saturated rings. The first-order valence-corrected chi connectivity index (χ1v) is 6.41. The minimum Gasteiger partial charge on any atom is -0.381 e. The number of rotatable bonds is 10. The Bertz CT molecular complexity index is 130. The third kappa shape index (κ3) is 7.80. The molecular weight excluding hydrogens is 186 g/mol. The predicted molar refractivity (Wildman–Crippen MR) is 67.3 cm³/mol. The van der Waals surface area contributed by atoms with Crippen molar-refractivity contribution in [2.75, 3.05) is 26.8 Å². The van der Waals surface area contributed by atoms with Crippen LogP contribution in [-0.2, 0) is 4.74 Å². The molecule has 0 heterocycles. The smallest absolute Gasteiger partial charge is 0.0471 e. The van der Waals surface area contributed by atoms with Crippen molar-refractivity contribution in [2.45, 2.75) is 52.9 Å². The van der Waals surface area contributed by atoms with Gasteiger partial charge < -0.3 is 10.1 Å². The van der Waals surface area contributed by atoms with Crippen molar-refractivity contribution < 1.29 is 4.74 Å². The van der Waals surface area contributed by atoms with Gasteiger partial charge in [-0.3, -0.25) is 0 Å². The summed E-state index contributed by atoms with van der Waals surface area (Å²) in [7, 11) is 2.03. The molecule has 92 valence electrons. The van der Waals surface area contributed by atoms with Gasteiger partial charge in [0.25, 0.3) is 0 Å². The van der Waals surface area contributed by atoms with Crippen LogP contribution in [0.15, 0.2) is 0 Å². The van der Waals surface area contributed by atoms with E-state index in [4.69, 9.17) is 4.74 Å². The maximum atomic E-state index is 5.63. The molecule has 0 saturated carbocycles. The van der Waals surface area contributed by atoms with Gasteiger partial charge in [-0.15, -0.1) is 0 Å². The van der Waals surface area contributed by atoms with E-state index in [0.29, 0.717) is 5.41 Å². The van der Waals surface area contributed by atoms with Gasteiger partial charge in [-0.05, 0) is 31.7 Å². The summed E-state index contributed by atoms with van der Waals surface area (Å²) in [5, 5.41) is 3.29. The lowest BCUT2D eigenvalue weighted by Crippen LogP contribution is -2.31. The zero-order valence-electron chi connectivity index (χ0n) is 11.1. The number of unbranched alkanes of at least 4 members (excludes halogenated alkanes) is 1. The van der Waals surface area contributed by atoms with E-state index in [1.54, 1.807) is 0 Å². The Balaban J connectivity index is 3.65. The highest BCUT2D eigenvalue weighted by Gasteiger charge is 2.21. The highest BCUT2D eigenvalue weighted by Crippen LogP contribution is 2.26. The summed E-state index contributed by atoms with van der Waals surface area (Å²) >= 11 is 0. The van der Waals surface area contributed by atoms with Gasteiger partial charge in [0.2, 0.25) is 0 Å². The van der Waals surface area contributed by atoms with Crippen LogP contribution in [0.5, 0.6) is 0 Å². The highest BCUT2D eigenvalue weighted by atomic mass is 16.5. The Kier molecular flexibility index (Phi) is 9.12. The molecular formula is C13H29NO. The van der Waals surface area contributed by atoms with Crippen molar-refractivity contribution in [3.05, 3.63) is 0 Å². The molecule has 15 heavy (non-hydrogen) atoms. The normalized spacial score (nSPS) is 15.2. The largest absolute Gasteiger partial charge is 0.381 e. The van der Waals surface area contributed by atoms with Gasteiger partial charge in [-0.25, -0.2) is 0 Å². The third-order valence-electron chi connectivity index (χ3n) is 2.95. The van der Waals surface area contributed by atoms with E-state index in [0.717, 1.165) is 19.8 Å². The number of hydrogen-bond donors (Lipinski definition) is 1. The monoisotopic (exact) mass is 215 g/mol. The Labute approximate surface area is 95.8 Å². The van der Waals surface area contributed by atoms with Crippen LogP contribution in [-0.4, -0.2) is 26.8 Å². The molecule has 1 unspecified atom stereocenters. The summed E-state index contributed by atoms with van der Waals surface area (Å²) in [6, 6.07) is 0. The minimum atomic E-state index is 0.412. The first kappa shape index (κ1) is 14.9. The third-order valence-corrected chi connectivity index (χ3v) is 2.95. The van der Waals surface area contributed by atoms with Gasteiger partial charge in [0.05, 0.1) is 0 Å². The fourth-order valence-corrected chi connectivity index (χ4v) is 2.00. The highest BCUT2D eigenvalue weighted by molar-refractivity contribution is 4.75. The lowest BCUT2D eigenvalue weighted by atomic mass is 9.82. The molecule has 0 rings (SSSR count). The second-order valence-corrected chi connectivity index (χ2v) is 4.81. The average molecular weight is 215 g/mol. The summed E-state index contributed by atoms with van der Waals surface area (Å²) in [5.41, 5.74) is 0.412. The number of ether oxygens (including phenoxy) is 1. The van der Waals surface area contributed by atoms with E-state index < -0.39 is 0 Å². The molecule has 0 saturated heterocycles. The summed E-state index contributed by atoms with van der Waals surface area (Å²) in [5.74, 6) is 0. The van der Waals surface area contributed by atoms with Crippen LogP contribution >= 0.6 is 0 Å². The first-order chi connectivity index (χ1) is 7.18. The van der Waals surface area contributed by atoms with Crippen LogP contribution in [0.1, 0.15) is 52.9 Å². The lowest BCUT2D eigenvalue weighted by molar-refractivity contribution is 0.0932. The van der Waals surface area contributed by atoms with Gasteiger partial charge in [-0.1, -0.05) is 33.6 Å². The van der Waals surface area contributed by atoms with Crippen LogP contribution in [0.2, 0.25) is 0 Å². The number of nitrogens with one attached hydrogen (secondary N) is 1. The van der Waals surface area contributed by atoms with Crippen molar-refractivity contribution in [1.82, 2.24) is 5.32 Å². The summed E-state index contributed by atoms with van der Waals surface area (Å²) in [4.78, 5) is 0. The molecule has 2 heteroatoms. The fraction of sp³-hybridized carbons (Fsp3) is 1.00. The topological polar surface area (TPSA) is 21.3 Å². The molecule has 0 aromatic carbocycles. The van der Waals surface area contributed by atoms with Gasteiger partial charge in [0, 0.05) is 19.8 Å². The van der Waals surface area contributed by atoms with Crippen molar-refractivity contribution in [3.8, 4) is 0 Å². The van der Waals surface area contributed by atoms with Crippen molar-refractivity contribution >= 4 is 0 Å². The molecule has 1 atom stereocenters. The molecule has 0 aromatic heterocycles. The van der Waals surface area contributed by atoms with Crippen molar-refractivity contribution in [1.29, 1.82) is 0 Å². The molecule has 1 N–H and O–H groups in total. The van der Waals surface area contributed by atoms with Crippen molar-refractivity contribution in [3.63, 3.8) is 0 Å². The van der Waals surface area contributed by atoms with Crippen molar-refractivity contribution in [2.24, 2.45) is 5.41 Å². The van der Waals surface area contributed by atoms with Crippen LogP contribution < -0.4 is 5.32 Å². The van der Waals surface area contributed by atoms with Gasteiger partial charge in [0.1, 0.15) is 0 Å². The van der Waals surface area contributed by atoms with Crippen LogP contribution in [0.3, 0.4) is 0 Å². The molecule has 2 nitrogen and oxygen atoms in total. The zero-order valence-corrected chi connectivity index (χ0v) is 11.1. The maximum Gasteiger partial charge on any atom is 0.0471 e. The van der Waals surface area contributed by atoms with E-state index in [-0.39, 0.29) is 0 Å². The minimum absolute atomic E-state index is 0.412. The van der Waals surface area contributed by atoms with Gasteiger partial charge in [-0.2, -0.15) is 0 Å². The Morgan fingerprint density at radius 2 is 1.80 bits per heavy atom. The second kappa shape index (κ2) is 9.17. The molecule has 0 aliphatic heterocycles. The van der Waals surface area contributed by atoms with Gasteiger partial charge >= 0.3 is 0 Å². The van der Waals surface area contributed by atoms with E-state index in [9.17, 15) is 0 Å². The summed E-state index contributed by atoms with van der Waals surface area (Å²) < 4.78 is 5.63. The van der Waals surface area contributed by atoms with Crippen LogP contribution in [0.4, 0.5) is 0 Å². The quantitative estimate of drug-likeness (QED) is 0.565. The molecule has 0 bridgehead atoms. The van der Waals surface area contributed by atoms with E-state index in [2.05, 4.69) is 26.1 Å². The molecule has 0 spiro atoms. The summed E-state index contributed by atoms with van der Waals surface area (Å²) in [6.45, 7) is 9.75. The van der Waals surface area contributed by atoms with E-state index >= 15 is 0 Å². The Morgan fingerprint density at radius 3 is 2.33 bits per heavy atom. The average Bonchev–Trinajstić information content (AvgIpc) is 2.18. The molecule has 0 amide bonds. The summed E-state index contributed by atoms with van der Waals surface area (Å²) in [6.07, 6.45) is 6.13.